The maximum atomic E-state index is 12.7. The molecule has 0 spiro atoms. The van der Waals surface area contributed by atoms with Crippen LogP contribution in [-0.4, -0.2) is 12.5 Å². The van der Waals surface area contributed by atoms with Gasteiger partial charge in [0.05, 0.1) is 0 Å². The van der Waals surface area contributed by atoms with Gasteiger partial charge in [-0.15, -0.1) is 17.0 Å². The Kier molecular flexibility index (Phi) is 16.4. The molecule has 0 radical (unpaired) electrons. The third kappa shape index (κ3) is 9.55. The van der Waals surface area contributed by atoms with Gasteiger partial charge in [0.1, 0.15) is 0 Å². The number of halogens is 1. The molecular formula is C18H38BrNO. The summed E-state index contributed by atoms with van der Waals surface area (Å²) >= 11 is 0. The zero-order valence-corrected chi connectivity index (χ0v) is 16.5. The van der Waals surface area contributed by atoms with Crippen molar-refractivity contribution in [1.82, 2.24) is 5.32 Å². The molecule has 128 valence electrons. The van der Waals surface area contributed by atoms with Crippen molar-refractivity contribution in [3.8, 4) is 0 Å². The van der Waals surface area contributed by atoms with Gasteiger partial charge in [0, 0.05) is 12.0 Å². The van der Waals surface area contributed by atoms with Gasteiger partial charge < -0.3 is 5.32 Å². The maximum Gasteiger partial charge on any atom is 0.226 e. The first-order chi connectivity index (χ1) is 9.66. The fourth-order valence-corrected chi connectivity index (χ4v) is 2.83. The van der Waals surface area contributed by atoms with Crippen LogP contribution in [0.2, 0.25) is 0 Å². The van der Waals surface area contributed by atoms with Gasteiger partial charge in [0.2, 0.25) is 5.91 Å². The van der Waals surface area contributed by atoms with Gasteiger partial charge in [-0.1, -0.05) is 72.6 Å². The first-order valence-corrected chi connectivity index (χ1v) is 8.95. The molecule has 0 aromatic heterocycles. The van der Waals surface area contributed by atoms with Crippen molar-refractivity contribution in [3.63, 3.8) is 0 Å². The lowest BCUT2D eigenvalue weighted by Crippen LogP contribution is -2.41. The van der Waals surface area contributed by atoms with Crippen LogP contribution in [0.25, 0.3) is 0 Å². The number of rotatable bonds is 13. The third-order valence-corrected chi connectivity index (χ3v) is 4.32. The van der Waals surface area contributed by atoms with Crippen molar-refractivity contribution in [3.05, 3.63) is 0 Å². The van der Waals surface area contributed by atoms with Crippen molar-refractivity contribution in [2.24, 2.45) is 5.41 Å². The molecule has 0 rings (SSSR count). The van der Waals surface area contributed by atoms with Gasteiger partial charge in [-0.25, -0.2) is 0 Å². The molecule has 0 atom stereocenters. The molecule has 0 aromatic carbocycles. The summed E-state index contributed by atoms with van der Waals surface area (Å²) in [6.45, 7) is 9.68. The van der Waals surface area contributed by atoms with Crippen LogP contribution < -0.4 is 5.32 Å². The normalized spacial score (nSPS) is 11.0. The molecule has 1 amide bonds. The number of carbonyl (C=O) groups excluding carboxylic acids is 1. The summed E-state index contributed by atoms with van der Waals surface area (Å²) < 4.78 is 0. The van der Waals surface area contributed by atoms with Crippen molar-refractivity contribution in [1.29, 1.82) is 0 Å². The fourth-order valence-electron chi connectivity index (χ4n) is 2.83. The molecular weight excluding hydrogens is 326 g/mol. The van der Waals surface area contributed by atoms with E-state index in [0.29, 0.717) is 5.91 Å². The van der Waals surface area contributed by atoms with Crippen LogP contribution in [0.5, 0.6) is 0 Å². The van der Waals surface area contributed by atoms with E-state index in [4.69, 9.17) is 0 Å². The van der Waals surface area contributed by atoms with E-state index in [1.807, 2.05) is 0 Å². The summed E-state index contributed by atoms with van der Waals surface area (Å²) in [5.74, 6) is 0.335. The molecule has 2 nitrogen and oxygen atoms in total. The molecule has 0 aliphatic heterocycles. The first-order valence-electron chi connectivity index (χ1n) is 8.95. The molecule has 0 saturated heterocycles. The van der Waals surface area contributed by atoms with Crippen molar-refractivity contribution >= 4 is 22.9 Å². The Morgan fingerprint density at radius 2 is 1.14 bits per heavy atom. The number of unbranched alkanes of at least 4 members (excludes halogenated alkanes) is 4. The standard InChI is InChI=1S/C18H37NO.BrH/c1-5-9-13-18(14-10-6-2,15-11-7-3)17(20)19-16-12-8-4;/h5-16H2,1-4H3,(H,19,20);1H. The summed E-state index contributed by atoms with van der Waals surface area (Å²) in [6.07, 6.45) is 12.5. The van der Waals surface area contributed by atoms with Crippen LogP contribution in [-0.2, 0) is 4.79 Å². The maximum absolute atomic E-state index is 12.7. The number of hydrogen-bond acceptors (Lipinski definition) is 1. The van der Waals surface area contributed by atoms with Gasteiger partial charge >= 0.3 is 0 Å². The Morgan fingerprint density at radius 3 is 1.48 bits per heavy atom. The van der Waals surface area contributed by atoms with Crippen molar-refractivity contribution in [2.45, 2.75) is 98.3 Å². The number of nitrogens with one attached hydrogen (secondary N) is 1. The second-order valence-electron chi connectivity index (χ2n) is 6.20. The molecule has 0 fully saturated rings. The monoisotopic (exact) mass is 363 g/mol. The zero-order valence-electron chi connectivity index (χ0n) is 14.8. The molecule has 0 unspecified atom stereocenters. The summed E-state index contributed by atoms with van der Waals surface area (Å²) in [4.78, 5) is 12.7. The van der Waals surface area contributed by atoms with E-state index in [2.05, 4.69) is 33.0 Å². The zero-order chi connectivity index (χ0) is 15.3. The Bertz CT molecular complexity index is 222. The van der Waals surface area contributed by atoms with E-state index in [1.54, 1.807) is 0 Å². The summed E-state index contributed by atoms with van der Waals surface area (Å²) in [7, 11) is 0. The quantitative estimate of drug-likeness (QED) is 0.397. The molecule has 21 heavy (non-hydrogen) atoms. The summed E-state index contributed by atoms with van der Waals surface area (Å²) in [5, 5.41) is 3.21. The lowest BCUT2D eigenvalue weighted by Gasteiger charge is -2.33. The molecule has 0 aromatic rings. The predicted octanol–water partition coefficient (Wildman–Crippen LogP) is 6.04. The van der Waals surface area contributed by atoms with Gasteiger partial charge in [0.25, 0.3) is 0 Å². The predicted molar refractivity (Wildman–Crippen MR) is 99.2 cm³/mol. The highest BCUT2D eigenvalue weighted by Gasteiger charge is 2.35. The minimum Gasteiger partial charge on any atom is -0.356 e. The molecule has 3 heteroatoms. The van der Waals surface area contributed by atoms with Crippen molar-refractivity contribution < 1.29 is 4.79 Å². The van der Waals surface area contributed by atoms with Gasteiger partial charge in [-0.05, 0) is 25.7 Å². The highest BCUT2D eigenvalue weighted by atomic mass is 79.9. The smallest absolute Gasteiger partial charge is 0.226 e. The van der Waals surface area contributed by atoms with Crippen LogP contribution in [0.15, 0.2) is 0 Å². The molecule has 0 saturated carbocycles. The van der Waals surface area contributed by atoms with Gasteiger partial charge in [-0.3, -0.25) is 4.79 Å². The van der Waals surface area contributed by atoms with Crippen LogP contribution in [0, 0.1) is 5.41 Å². The van der Waals surface area contributed by atoms with Gasteiger partial charge in [0.15, 0.2) is 0 Å². The minimum absolute atomic E-state index is 0. The lowest BCUT2D eigenvalue weighted by atomic mass is 9.73. The average Bonchev–Trinajstić information content (AvgIpc) is 2.47. The van der Waals surface area contributed by atoms with E-state index in [-0.39, 0.29) is 22.4 Å². The van der Waals surface area contributed by atoms with Crippen LogP contribution in [0.3, 0.4) is 0 Å². The molecule has 0 heterocycles. The van der Waals surface area contributed by atoms with Crippen LogP contribution in [0.4, 0.5) is 0 Å². The average molecular weight is 364 g/mol. The highest BCUT2D eigenvalue weighted by molar-refractivity contribution is 8.93. The largest absolute Gasteiger partial charge is 0.356 e. The minimum atomic E-state index is -0.0875. The number of carbonyl (C=O) groups is 1. The molecule has 0 aliphatic carbocycles. The highest BCUT2D eigenvalue weighted by Crippen LogP contribution is 2.37. The number of hydrogen-bond donors (Lipinski definition) is 1. The van der Waals surface area contributed by atoms with E-state index >= 15 is 0 Å². The Labute approximate surface area is 143 Å². The SMILES string of the molecule is Br.CCCCNC(=O)C(CCCC)(CCCC)CCCC. The van der Waals surface area contributed by atoms with Crippen LogP contribution >= 0.6 is 17.0 Å². The van der Waals surface area contributed by atoms with Crippen LogP contribution in [0.1, 0.15) is 98.3 Å². The van der Waals surface area contributed by atoms with E-state index in [1.165, 1.54) is 38.5 Å². The second-order valence-corrected chi connectivity index (χ2v) is 6.20. The van der Waals surface area contributed by atoms with E-state index in [0.717, 1.165) is 38.6 Å². The topological polar surface area (TPSA) is 29.1 Å². The molecule has 0 bridgehead atoms. The Morgan fingerprint density at radius 1 is 0.762 bits per heavy atom. The fraction of sp³-hybridized carbons (Fsp3) is 0.944. The van der Waals surface area contributed by atoms with Gasteiger partial charge in [-0.2, -0.15) is 0 Å². The molecule has 1 N–H and O–H groups in total. The van der Waals surface area contributed by atoms with Crippen molar-refractivity contribution in [2.75, 3.05) is 6.54 Å². The Hall–Kier alpha value is -0.0500. The number of amides is 1. The summed E-state index contributed by atoms with van der Waals surface area (Å²) in [6, 6.07) is 0. The summed E-state index contributed by atoms with van der Waals surface area (Å²) in [5.41, 5.74) is -0.0875. The third-order valence-electron chi connectivity index (χ3n) is 4.32. The van der Waals surface area contributed by atoms with E-state index in [9.17, 15) is 4.79 Å². The second kappa shape index (κ2) is 14.9. The molecule has 0 aliphatic rings. The Balaban J connectivity index is 0. The first kappa shape index (κ1) is 23.2. The van der Waals surface area contributed by atoms with E-state index < -0.39 is 0 Å². The lowest BCUT2D eigenvalue weighted by molar-refractivity contribution is -0.132.